The number of nitrogens with one attached hydrogen (secondary N) is 2. The SMILES string of the molecule is COc1cccc(Nc2nc(N)c(=N)n(-c3ccccc3)n2)c1. The molecule has 1 heterocycles. The zero-order chi connectivity index (χ0) is 16.2. The number of aromatic nitrogens is 3. The zero-order valence-corrected chi connectivity index (χ0v) is 12.5. The fourth-order valence-electron chi connectivity index (χ4n) is 2.08. The van der Waals surface area contributed by atoms with Gasteiger partial charge in [0, 0.05) is 11.8 Å². The zero-order valence-electron chi connectivity index (χ0n) is 12.5. The van der Waals surface area contributed by atoms with Crippen LogP contribution in [0.3, 0.4) is 0 Å². The molecule has 0 fully saturated rings. The first kappa shape index (κ1) is 14.6. The van der Waals surface area contributed by atoms with Crippen LogP contribution < -0.4 is 21.3 Å². The second-order valence-electron chi connectivity index (χ2n) is 4.77. The summed E-state index contributed by atoms with van der Waals surface area (Å²) < 4.78 is 6.62. The first-order valence-electron chi connectivity index (χ1n) is 6.95. The Labute approximate surface area is 132 Å². The monoisotopic (exact) mass is 308 g/mol. The van der Waals surface area contributed by atoms with Gasteiger partial charge >= 0.3 is 0 Å². The second-order valence-corrected chi connectivity index (χ2v) is 4.77. The summed E-state index contributed by atoms with van der Waals surface area (Å²) in [5.74, 6) is 1.11. The van der Waals surface area contributed by atoms with Crippen LogP contribution in [0.2, 0.25) is 0 Å². The number of hydrogen-bond donors (Lipinski definition) is 3. The van der Waals surface area contributed by atoms with Crippen LogP contribution in [-0.4, -0.2) is 21.9 Å². The van der Waals surface area contributed by atoms with Gasteiger partial charge in [-0.05, 0) is 24.3 Å². The van der Waals surface area contributed by atoms with Crippen molar-refractivity contribution < 1.29 is 4.74 Å². The van der Waals surface area contributed by atoms with Crippen molar-refractivity contribution in [1.82, 2.24) is 14.8 Å². The Morgan fingerprint density at radius 1 is 1.13 bits per heavy atom. The highest BCUT2D eigenvalue weighted by molar-refractivity contribution is 5.56. The molecule has 116 valence electrons. The molecule has 0 atom stereocenters. The third-order valence-corrected chi connectivity index (χ3v) is 3.20. The lowest BCUT2D eigenvalue weighted by Crippen LogP contribution is -2.26. The van der Waals surface area contributed by atoms with Gasteiger partial charge in [0.25, 0.3) is 0 Å². The molecule has 0 radical (unpaired) electrons. The lowest BCUT2D eigenvalue weighted by molar-refractivity contribution is 0.415. The number of anilines is 3. The van der Waals surface area contributed by atoms with Crippen molar-refractivity contribution in [3.8, 4) is 11.4 Å². The molecular formula is C16H16N6O. The number of ether oxygens (including phenoxy) is 1. The molecule has 1 aromatic heterocycles. The van der Waals surface area contributed by atoms with Crippen LogP contribution in [0.1, 0.15) is 0 Å². The average Bonchev–Trinajstić information content (AvgIpc) is 2.59. The van der Waals surface area contributed by atoms with Crippen LogP contribution >= 0.6 is 0 Å². The molecule has 0 amide bonds. The molecule has 0 aliphatic rings. The molecule has 0 aliphatic carbocycles. The maximum atomic E-state index is 8.04. The van der Waals surface area contributed by atoms with Gasteiger partial charge in [-0.25, -0.2) is 4.68 Å². The summed E-state index contributed by atoms with van der Waals surface area (Å²) in [6.45, 7) is 0. The molecule has 0 saturated heterocycles. The van der Waals surface area contributed by atoms with Gasteiger partial charge < -0.3 is 15.8 Å². The van der Waals surface area contributed by atoms with E-state index in [9.17, 15) is 0 Å². The summed E-state index contributed by atoms with van der Waals surface area (Å²) in [6, 6.07) is 16.7. The fraction of sp³-hybridized carbons (Fsp3) is 0.0625. The molecule has 3 rings (SSSR count). The van der Waals surface area contributed by atoms with E-state index in [0.29, 0.717) is 5.95 Å². The van der Waals surface area contributed by atoms with Crippen molar-refractivity contribution in [3.63, 3.8) is 0 Å². The summed E-state index contributed by atoms with van der Waals surface area (Å²) >= 11 is 0. The largest absolute Gasteiger partial charge is 0.497 e. The fourth-order valence-corrected chi connectivity index (χ4v) is 2.08. The third kappa shape index (κ3) is 3.13. The van der Waals surface area contributed by atoms with Gasteiger partial charge in [-0.3, -0.25) is 5.41 Å². The predicted octanol–water partition coefficient (Wildman–Crippen LogP) is 2.08. The molecule has 0 unspecified atom stereocenters. The number of para-hydroxylation sites is 1. The van der Waals surface area contributed by atoms with Crippen molar-refractivity contribution in [2.45, 2.75) is 0 Å². The lowest BCUT2D eigenvalue weighted by Gasteiger charge is -2.11. The van der Waals surface area contributed by atoms with E-state index >= 15 is 0 Å². The second kappa shape index (κ2) is 6.18. The summed E-state index contributed by atoms with van der Waals surface area (Å²) in [7, 11) is 1.60. The lowest BCUT2D eigenvalue weighted by atomic mass is 10.3. The number of rotatable bonds is 4. The van der Waals surface area contributed by atoms with Crippen LogP contribution in [0.5, 0.6) is 5.75 Å². The molecule has 2 aromatic carbocycles. The van der Waals surface area contributed by atoms with Gasteiger partial charge in [-0.15, -0.1) is 5.10 Å². The van der Waals surface area contributed by atoms with E-state index in [4.69, 9.17) is 15.9 Å². The molecular weight excluding hydrogens is 292 g/mol. The van der Waals surface area contributed by atoms with Gasteiger partial charge in [0.05, 0.1) is 12.8 Å². The minimum absolute atomic E-state index is 0.0346. The van der Waals surface area contributed by atoms with Crippen molar-refractivity contribution in [2.75, 3.05) is 18.2 Å². The van der Waals surface area contributed by atoms with Crippen LogP contribution in [0.4, 0.5) is 17.5 Å². The first-order chi connectivity index (χ1) is 11.2. The van der Waals surface area contributed by atoms with Gasteiger partial charge in [0.15, 0.2) is 11.3 Å². The third-order valence-electron chi connectivity index (χ3n) is 3.20. The Morgan fingerprint density at radius 3 is 2.65 bits per heavy atom. The highest BCUT2D eigenvalue weighted by atomic mass is 16.5. The minimum atomic E-state index is 0.0346. The minimum Gasteiger partial charge on any atom is -0.497 e. The standard InChI is InChI=1S/C16H16N6O/c1-23-13-9-5-6-11(10-13)19-16-20-14(17)15(18)22(21-16)12-7-3-2-4-8-12/h2-10,18H,1H3,(H3,17,19,20,21). The van der Waals surface area contributed by atoms with Gasteiger partial charge in [-0.2, -0.15) is 4.98 Å². The molecule has 3 aromatic rings. The molecule has 0 spiro atoms. The Morgan fingerprint density at radius 2 is 1.91 bits per heavy atom. The Hall–Kier alpha value is -3.35. The Bertz CT molecular complexity index is 875. The van der Waals surface area contributed by atoms with E-state index in [1.807, 2.05) is 54.6 Å². The number of hydrogen-bond acceptors (Lipinski definition) is 6. The van der Waals surface area contributed by atoms with E-state index in [1.54, 1.807) is 7.11 Å². The topological polar surface area (TPSA) is 102 Å². The molecule has 4 N–H and O–H groups in total. The summed E-state index contributed by atoms with van der Waals surface area (Å²) in [5, 5.41) is 15.4. The van der Waals surface area contributed by atoms with Crippen molar-refractivity contribution in [2.24, 2.45) is 0 Å². The predicted molar refractivity (Wildman–Crippen MR) is 87.9 cm³/mol. The maximum absolute atomic E-state index is 8.04. The summed E-state index contributed by atoms with van der Waals surface area (Å²) in [5.41, 5.74) is 7.38. The van der Waals surface area contributed by atoms with E-state index in [-0.39, 0.29) is 11.3 Å². The highest BCUT2D eigenvalue weighted by Crippen LogP contribution is 2.19. The van der Waals surface area contributed by atoms with E-state index in [1.165, 1.54) is 4.68 Å². The quantitative estimate of drug-likeness (QED) is 0.685. The normalized spacial score (nSPS) is 10.3. The number of methoxy groups -OCH3 is 1. The van der Waals surface area contributed by atoms with Crippen molar-refractivity contribution in [3.05, 3.63) is 60.1 Å². The van der Waals surface area contributed by atoms with Gasteiger partial charge in [-0.1, -0.05) is 24.3 Å². The Kier molecular flexibility index (Phi) is 3.92. The number of nitrogens with zero attached hydrogens (tertiary/aromatic N) is 3. The van der Waals surface area contributed by atoms with Crippen molar-refractivity contribution >= 4 is 17.5 Å². The smallest absolute Gasteiger partial charge is 0.247 e. The number of nitrogens with two attached hydrogens (primary N) is 1. The molecule has 7 nitrogen and oxygen atoms in total. The summed E-state index contributed by atoms with van der Waals surface area (Å²) in [6.07, 6.45) is 0. The molecule has 0 saturated carbocycles. The van der Waals surface area contributed by atoms with Crippen LogP contribution in [0.15, 0.2) is 54.6 Å². The maximum Gasteiger partial charge on any atom is 0.247 e. The van der Waals surface area contributed by atoms with Crippen molar-refractivity contribution in [1.29, 1.82) is 5.41 Å². The molecule has 0 bridgehead atoms. The molecule has 0 aliphatic heterocycles. The molecule has 23 heavy (non-hydrogen) atoms. The number of nitrogen functional groups attached to an aromatic ring is 1. The van der Waals surface area contributed by atoms with Crippen LogP contribution in [-0.2, 0) is 0 Å². The Balaban J connectivity index is 2.00. The summed E-state index contributed by atoms with van der Waals surface area (Å²) in [4.78, 5) is 4.12. The van der Waals surface area contributed by atoms with Gasteiger partial charge in [0.2, 0.25) is 5.95 Å². The van der Waals surface area contributed by atoms with E-state index in [2.05, 4.69) is 15.4 Å². The highest BCUT2D eigenvalue weighted by Gasteiger charge is 2.07. The first-order valence-corrected chi connectivity index (χ1v) is 6.95. The average molecular weight is 308 g/mol. The van der Waals surface area contributed by atoms with E-state index < -0.39 is 0 Å². The van der Waals surface area contributed by atoms with Crippen LogP contribution in [0.25, 0.3) is 5.69 Å². The van der Waals surface area contributed by atoms with Crippen LogP contribution in [0, 0.1) is 5.41 Å². The van der Waals surface area contributed by atoms with E-state index in [0.717, 1.165) is 17.1 Å². The molecule has 7 heteroatoms. The van der Waals surface area contributed by atoms with Gasteiger partial charge in [0.1, 0.15) is 5.75 Å². The number of benzene rings is 2.